The van der Waals surface area contributed by atoms with Crippen LogP contribution in [0.5, 0.6) is 0 Å². The van der Waals surface area contributed by atoms with Gasteiger partial charge >= 0.3 is 0 Å². The molecule has 1 aliphatic rings. The minimum Gasteiger partial charge on any atom is -0.378 e. The second kappa shape index (κ2) is 4.35. The van der Waals surface area contributed by atoms with Gasteiger partial charge in [-0.25, -0.2) is 0 Å². The number of hydrogen-bond donors (Lipinski definition) is 1. The molecule has 0 aromatic heterocycles. The monoisotopic (exact) mass is 307 g/mol. The van der Waals surface area contributed by atoms with Crippen molar-refractivity contribution in [1.82, 2.24) is 0 Å². The summed E-state index contributed by atoms with van der Waals surface area (Å²) in [4.78, 5) is 0. The van der Waals surface area contributed by atoms with E-state index in [1.807, 2.05) is 12.1 Å². The van der Waals surface area contributed by atoms with Crippen LogP contribution in [0.4, 0.5) is 5.69 Å². The number of fused-ring (bicyclic) bond motifs is 1. The van der Waals surface area contributed by atoms with E-state index in [-0.39, 0.29) is 0 Å². The maximum atomic E-state index is 5.90. The molecule has 3 rings (SSSR count). The predicted octanol–water partition coefficient (Wildman–Crippen LogP) is 4.81. The highest BCUT2D eigenvalue weighted by molar-refractivity contribution is 9.10. The van der Waals surface area contributed by atoms with Crippen molar-refractivity contribution < 1.29 is 0 Å². The largest absolute Gasteiger partial charge is 0.378 e. The zero-order valence-electron chi connectivity index (χ0n) is 9.08. The van der Waals surface area contributed by atoms with E-state index >= 15 is 0 Å². The van der Waals surface area contributed by atoms with Gasteiger partial charge < -0.3 is 5.32 Å². The van der Waals surface area contributed by atoms with Crippen molar-refractivity contribution in [1.29, 1.82) is 0 Å². The second-order valence-corrected chi connectivity index (χ2v) is 5.61. The van der Waals surface area contributed by atoms with E-state index in [1.165, 1.54) is 16.8 Å². The predicted molar refractivity (Wildman–Crippen MR) is 75.7 cm³/mol. The van der Waals surface area contributed by atoms with Gasteiger partial charge in [0.25, 0.3) is 0 Å². The number of rotatable bonds is 1. The molecule has 3 heteroatoms. The molecule has 86 valence electrons. The summed E-state index contributed by atoms with van der Waals surface area (Å²) in [6, 6.07) is 14.8. The summed E-state index contributed by atoms with van der Waals surface area (Å²) in [5.41, 5.74) is 3.87. The molecule has 1 aliphatic heterocycles. The Hall–Kier alpha value is -0.990. The van der Waals surface area contributed by atoms with E-state index in [4.69, 9.17) is 11.6 Å². The van der Waals surface area contributed by atoms with Gasteiger partial charge in [-0.3, -0.25) is 0 Å². The Labute approximate surface area is 114 Å². The van der Waals surface area contributed by atoms with Gasteiger partial charge in [0.05, 0.1) is 6.04 Å². The van der Waals surface area contributed by atoms with Crippen LogP contribution in [0.1, 0.15) is 17.2 Å². The lowest BCUT2D eigenvalue weighted by Crippen LogP contribution is -2.04. The third kappa shape index (κ3) is 2.20. The Morgan fingerprint density at radius 2 is 1.88 bits per heavy atom. The number of halogens is 2. The van der Waals surface area contributed by atoms with Crippen molar-refractivity contribution in [2.45, 2.75) is 12.5 Å². The molecule has 2 aromatic rings. The maximum absolute atomic E-state index is 5.90. The van der Waals surface area contributed by atoms with Gasteiger partial charge in [-0.05, 0) is 47.9 Å². The van der Waals surface area contributed by atoms with Crippen molar-refractivity contribution in [3.63, 3.8) is 0 Å². The molecule has 17 heavy (non-hydrogen) atoms. The van der Waals surface area contributed by atoms with E-state index in [0.29, 0.717) is 6.04 Å². The Kier molecular flexibility index (Phi) is 2.85. The van der Waals surface area contributed by atoms with Gasteiger partial charge in [0.2, 0.25) is 0 Å². The zero-order chi connectivity index (χ0) is 11.8. The van der Waals surface area contributed by atoms with Gasteiger partial charge in [-0.2, -0.15) is 0 Å². The Bertz CT molecular complexity index is 551. The summed E-state index contributed by atoms with van der Waals surface area (Å²) in [6.07, 6.45) is 1.02. The maximum Gasteiger partial charge on any atom is 0.0555 e. The van der Waals surface area contributed by atoms with Gasteiger partial charge in [0.15, 0.2) is 0 Å². The van der Waals surface area contributed by atoms with Gasteiger partial charge in [-0.15, -0.1) is 0 Å². The fraction of sp³-hybridized carbons (Fsp3) is 0.143. The first kappa shape index (κ1) is 11.1. The summed E-state index contributed by atoms with van der Waals surface area (Å²) in [5.74, 6) is 0. The van der Waals surface area contributed by atoms with Crippen molar-refractivity contribution in [3.05, 3.63) is 63.1 Å². The van der Waals surface area contributed by atoms with Crippen LogP contribution in [0, 0.1) is 0 Å². The molecule has 1 nitrogen and oxygen atoms in total. The second-order valence-electron chi connectivity index (χ2n) is 4.25. The molecule has 0 saturated heterocycles. The van der Waals surface area contributed by atoms with Crippen LogP contribution in [-0.4, -0.2) is 0 Å². The molecule has 0 saturated carbocycles. The minimum atomic E-state index is 0.358. The summed E-state index contributed by atoms with van der Waals surface area (Å²) in [6.45, 7) is 0. The lowest BCUT2D eigenvalue weighted by Gasteiger charge is -2.11. The SMILES string of the molecule is Clc1ccc([C@H]2Cc3cc(Br)ccc3N2)cc1. The Balaban J connectivity index is 1.88. The van der Waals surface area contributed by atoms with Crippen LogP contribution >= 0.6 is 27.5 Å². The van der Waals surface area contributed by atoms with E-state index in [2.05, 4.69) is 51.6 Å². The number of hydrogen-bond acceptors (Lipinski definition) is 1. The van der Waals surface area contributed by atoms with Crippen LogP contribution in [-0.2, 0) is 6.42 Å². The average molecular weight is 309 g/mol. The van der Waals surface area contributed by atoms with Crippen molar-refractivity contribution in [3.8, 4) is 0 Å². The van der Waals surface area contributed by atoms with E-state index in [0.717, 1.165) is 15.9 Å². The lowest BCUT2D eigenvalue weighted by atomic mass is 10.0. The molecule has 2 aromatic carbocycles. The molecule has 0 bridgehead atoms. The highest BCUT2D eigenvalue weighted by atomic mass is 79.9. The molecule has 0 aliphatic carbocycles. The normalized spacial score (nSPS) is 17.6. The summed E-state index contributed by atoms with van der Waals surface area (Å²) in [7, 11) is 0. The van der Waals surface area contributed by atoms with Crippen LogP contribution in [0.15, 0.2) is 46.9 Å². The fourth-order valence-corrected chi connectivity index (χ4v) is 2.76. The van der Waals surface area contributed by atoms with Gasteiger partial charge in [0.1, 0.15) is 0 Å². The first-order valence-corrected chi connectivity index (χ1v) is 6.70. The molecule has 0 radical (unpaired) electrons. The third-order valence-corrected chi connectivity index (χ3v) is 3.84. The van der Waals surface area contributed by atoms with E-state index < -0.39 is 0 Å². The molecule has 0 amide bonds. The molecular weight excluding hydrogens is 298 g/mol. The molecule has 1 N–H and O–H groups in total. The standard InChI is InChI=1S/C14H11BrClN/c15-11-3-6-13-10(7-11)8-14(17-13)9-1-4-12(16)5-2-9/h1-7,14,17H,8H2/t14-/m1/s1. The van der Waals surface area contributed by atoms with E-state index in [1.54, 1.807) is 0 Å². The number of nitrogens with one attached hydrogen (secondary N) is 1. The van der Waals surface area contributed by atoms with Crippen LogP contribution in [0.2, 0.25) is 5.02 Å². The van der Waals surface area contributed by atoms with Crippen molar-refractivity contribution >= 4 is 33.2 Å². The summed E-state index contributed by atoms with van der Waals surface area (Å²) >= 11 is 9.41. The zero-order valence-corrected chi connectivity index (χ0v) is 11.4. The fourth-order valence-electron chi connectivity index (χ4n) is 2.23. The third-order valence-electron chi connectivity index (χ3n) is 3.09. The Morgan fingerprint density at radius 3 is 2.65 bits per heavy atom. The molecule has 1 heterocycles. The highest BCUT2D eigenvalue weighted by Gasteiger charge is 2.21. The molecule has 0 spiro atoms. The molecular formula is C14H11BrClN. The summed E-state index contributed by atoms with van der Waals surface area (Å²) < 4.78 is 1.13. The molecule has 0 unspecified atom stereocenters. The van der Waals surface area contributed by atoms with Gasteiger partial charge in [-0.1, -0.05) is 39.7 Å². The van der Waals surface area contributed by atoms with Crippen molar-refractivity contribution in [2.24, 2.45) is 0 Å². The smallest absolute Gasteiger partial charge is 0.0555 e. The van der Waals surface area contributed by atoms with Crippen molar-refractivity contribution in [2.75, 3.05) is 5.32 Å². The first-order valence-electron chi connectivity index (χ1n) is 5.53. The number of anilines is 1. The average Bonchev–Trinajstić information content (AvgIpc) is 2.72. The topological polar surface area (TPSA) is 12.0 Å². The molecule has 1 atom stereocenters. The van der Waals surface area contributed by atoms with Crippen LogP contribution in [0.25, 0.3) is 0 Å². The number of benzene rings is 2. The Morgan fingerprint density at radius 1 is 1.12 bits per heavy atom. The minimum absolute atomic E-state index is 0.358. The van der Waals surface area contributed by atoms with Crippen LogP contribution < -0.4 is 5.32 Å². The molecule has 0 fully saturated rings. The lowest BCUT2D eigenvalue weighted by molar-refractivity contribution is 0.824. The van der Waals surface area contributed by atoms with E-state index in [9.17, 15) is 0 Å². The first-order chi connectivity index (χ1) is 8.22. The summed E-state index contributed by atoms with van der Waals surface area (Å²) in [5, 5.41) is 4.32. The van der Waals surface area contributed by atoms with Crippen LogP contribution in [0.3, 0.4) is 0 Å². The highest BCUT2D eigenvalue weighted by Crippen LogP contribution is 2.35. The quantitative estimate of drug-likeness (QED) is 0.797. The van der Waals surface area contributed by atoms with Gasteiger partial charge in [0, 0.05) is 15.2 Å².